The van der Waals surface area contributed by atoms with E-state index in [4.69, 9.17) is 0 Å². The fourth-order valence-electron chi connectivity index (χ4n) is 3.11. The lowest BCUT2D eigenvalue weighted by Gasteiger charge is -2.13. The van der Waals surface area contributed by atoms with Gasteiger partial charge in [0.1, 0.15) is 0 Å². The van der Waals surface area contributed by atoms with Gasteiger partial charge in [-0.2, -0.15) is 0 Å². The Morgan fingerprint density at radius 1 is 1.03 bits per heavy atom. The first-order valence-electron chi connectivity index (χ1n) is 12.1. The molecule has 0 aromatic rings. The number of quaternary nitrogens is 1. The summed E-state index contributed by atoms with van der Waals surface area (Å²) in [6, 6.07) is 0. The number of nitrogens with one attached hydrogen (secondary N) is 2. The number of rotatable bonds is 19. The smallest absolute Gasteiger partial charge is 0.264 e. The Morgan fingerprint density at radius 2 is 1.62 bits per heavy atom. The lowest BCUT2D eigenvalue weighted by atomic mass is 10.1. The van der Waals surface area contributed by atoms with E-state index in [9.17, 15) is 22.9 Å². The minimum absolute atomic E-state index is 0.160. The van der Waals surface area contributed by atoms with Gasteiger partial charge in [0.2, 0.25) is 10.4 Å². The summed E-state index contributed by atoms with van der Waals surface area (Å²) in [7, 11) is -1.60. The van der Waals surface area contributed by atoms with Gasteiger partial charge in [-0.15, -0.1) is 0 Å². The van der Waals surface area contributed by atoms with Crippen molar-refractivity contribution in [3.05, 3.63) is 12.2 Å². The third-order valence-electron chi connectivity index (χ3n) is 4.92. The first-order valence-corrected chi connectivity index (χ1v) is 13.5. The van der Waals surface area contributed by atoms with Gasteiger partial charge >= 0.3 is 0 Å². The average molecular weight is 481 g/mol. The van der Waals surface area contributed by atoms with E-state index in [0.29, 0.717) is 6.42 Å². The number of carbonyl (C=O) groups is 1. The molecule has 3 N–H and O–H groups in total. The standard InChI is InChI=1S/C22H44N2O2.CH4O4S/c1-4-6-7-14-17-21(25)18-15-12-10-8-9-11-13-16-19-22(26)23-24(3)20-5-2;1-5-6(2,3)4/h12,15,21,25H,4-11,13-14,16-20H2,1-3H3,(H,23,26);1H3,(H,2,3,4)/b15-12-;/t21-;/m1./s1. The number of allylic oxidation sites excluding steroid dienone is 1. The molecule has 0 saturated heterocycles. The van der Waals surface area contributed by atoms with Crippen LogP contribution >= 0.6 is 0 Å². The van der Waals surface area contributed by atoms with Crippen molar-refractivity contribution in [1.82, 2.24) is 5.43 Å². The van der Waals surface area contributed by atoms with Crippen LogP contribution in [0.1, 0.15) is 104 Å². The van der Waals surface area contributed by atoms with Crippen molar-refractivity contribution in [1.29, 1.82) is 0 Å². The zero-order valence-corrected chi connectivity index (χ0v) is 21.6. The molecule has 0 saturated carbocycles. The van der Waals surface area contributed by atoms with Gasteiger partial charge in [0.25, 0.3) is 5.91 Å². The normalized spacial score (nSPS) is 13.4. The second-order valence-electron chi connectivity index (χ2n) is 8.17. The molecule has 1 amide bonds. The van der Waals surface area contributed by atoms with Gasteiger partial charge in [0.15, 0.2) is 0 Å². The monoisotopic (exact) mass is 480 g/mol. The van der Waals surface area contributed by atoms with Crippen LogP contribution in [-0.2, 0) is 19.4 Å². The Bertz CT molecular complexity index is 555. The largest absolute Gasteiger partial charge is 0.726 e. The van der Waals surface area contributed by atoms with E-state index in [2.05, 4.69) is 35.6 Å². The van der Waals surface area contributed by atoms with E-state index in [1.165, 1.54) is 38.5 Å². The summed E-state index contributed by atoms with van der Waals surface area (Å²) in [6.07, 6.45) is 19.5. The molecule has 192 valence electrons. The molecule has 0 heterocycles. The second-order valence-corrected chi connectivity index (χ2v) is 9.32. The molecule has 2 atom stereocenters. The SMILES string of the molecule is CCCCCC[C@@H](O)C/C=C\CCCCCCCC(=O)N[NH+](C)CCC.COS(=O)(=O)[O-]. The number of carbonyl (C=O) groups excluding carboxylic acids is 1. The molecule has 0 fully saturated rings. The van der Waals surface area contributed by atoms with Crippen LogP contribution in [-0.4, -0.2) is 50.8 Å². The Hall–Kier alpha value is -1.00. The molecule has 1 unspecified atom stereocenters. The maximum atomic E-state index is 11.7. The lowest BCUT2D eigenvalue weighted by molar-refractivity contribution is -0.916. The Morgan fingerprint density at radius 3 is 2.22 bits per heavy atom. The molecule has 0 rings (SSSR count). The molecule has 0 aliphatic heterocycles. The number of hydrogen-bond acceptors (Lipinski definition) is 6. The van der Waals surface area contributed by atoms with Crippen molar-refractivity contribution in [3.63, 3.8) is 0 Å². The van der Waals surface area contributed by atoms with E-state index < -0.39 is 10.4 Å². The third kappa shape index (κ3) is 29.0. The highest BCUT2D eigenvalue weighted by Crippen LogP contribution is 2.10. The van der Waals surface area contributed by atoms with Crippen molar-refractivity contribution in [3.8, 4) is 0 Å². The van der Waals surface area contributed by atoms with Crippen molar-refractivity contribution >= 4 is 16.3 Å². The van der Waals surface area contributed by atoms with E-state index in [0.717, 1.165) is 63.6 Å². The van der Waals surface area contributed by atoms with Gasteiger partial charge in [0, 0.05) is 6.42 Å². The first kappa shape index (κ1) is 33.2. The molecule has 0 aliphatic carbocycles. The first-order chi connectivity index (χ1) is 15.2. The highest BCUT2D eigenvalue weighted by molar-refractivity contribution is 7.80. The van der Waals surface area contributed by atoms with Crippen LogP contribution in [0.3, 0.4) is 0 Å². The number of amides is 1. The molecule has 0 aliphatic rings. The van der Waals surface area contributed by atoms with Gasteiger partial charge in [-0.25, -0.2) is 18.9 Å². The highest BCUT2D eigenvalue weighted by Gasteiger charge is 2.06. The summed E-state index contributed by atoms with van der Waals surface area (Å²) >= 11 is 0. The summed E-state index contributed by atoms with van der Waals surface area (Å²) in [4.78, 5) is 11.7. The molecule has 9 heteroatoms. The van der Waals surface area contributed by atoms with Crippen LogP contribution in [0, 0.1) is 0 Å². The molecule has 0 aromatic heterocycles. The molecule has 32 heavy (non-hydrogen) atoms. The highest BCUT2D eigenvalue weighted by atomic mass is 32.3. The Labute approximate surface area is 196 Å². The van der Waals surface area contributed by atoms with E-state index in [-0.39, 0.29) is 12.0 Å². The Kier molecular flexibility index (Phi) is 24.0. The van der Waals surface area contributed by atoms with Crippen molar-refractivity contribution in [2.24, 2.45) is 0 Å². The number of unbranched alkanes of at least 4 members (excludes halogenated alkanes) is 8. The number of aliphatic hydroxyl groups is 1. The van der Waals surface area contributed by atoms with Gasteiger partial charge in [0.05, 0.1) is 26.8 Å². The van der Waals surface area contributed by atoms with Crippen molar-refractivity contribution < 1.29 is 32.1 Å². The van der Waals surface area contributed by atoms with Crippen LogP contribution in [0.15, 0.2) is 12.2 Å². The van der Waals surface area contributed by atoms with Crippen LogP contribution in [0.5, 0.6) is 0 Å². The van der Waals surface area contributed by atoms with Gasteiger partial charge < -0.3 is 9.66 Å². The van der Waals surface area contributed by atoms with Gasteiger partial charge in [-0.3, -0.25) is 8.98 Å². The van der Waals surface area contributed by atoms with Crippen LogP contribution in [0.25, 0.3) is 0 Å². The van der Waals surface area contributed by atoms with Crippen molar-refractivity contribution in [2.45, 2.75) is 110 Å². The number of hydrogen-bond donors (Lipinski definition) is 3. The third-order valence-corrected chi connectivity index (χ3v) is 5.33. The molecular formula is C23H48N2O6S. The molecule has 0 spiro atoms. The van der Waals surface area contributed by atoms with Gasteiger partial charge in [-0.05, 0) is 38.5 Å². The summed E-state index contributed by atoms with van der Waals surface area (Å²) in [5.41, 5.74) is 2.98. The topological polar surface area (TPSA) is 120 Å². The molecular weight excluding hydrogens is 432 g/mol. The fraction of sp³-hybridized carbons (Fsp3) is 0.870. The van der Waals surface area contributed by atoms with Crippen LogP contribution in [0.2, 0.25) is 0 Å². The van der Waals surface area contributed by atoms with Gasteiger partial charge in [-0.1, -0.05) is 70.9 Å². The Balaban J connectivity index is 0. The summed E-state index contributed by atoms with van der Waals surface area (Å²) in [5, 5.41) is 11.0. The van der Waals surface area contributed by atoms with Crippen LogP contribution < -0.4 is 10.4 Å². The molecule has 0 aromatic carbocycles. The predicted molar refractivity (Wildman–Crippen MR) is 128 cm³/mol. The average Bonchev–Trinajstić information content (AvgIpc) is 2.72. The van der Waals surface area contributed by atoms with Crippen LogP contribution in [0.4, 0.5) is 0 Å². The maximum absolute atomic E-state index is 11.7. The minimum Gasteiger partial charge on any atom is -0.726 e. The lowest BCUT2D eigenvalue weighted by Crippen LogP contribution is -3.16. The molecule has 0 bridgehead atoms. The molecule has 8 nitrogen and oxygen atoms in total. The summed E-state index contributed by atoms with van der Waals surface area (Å²) in [6.45, 7) is 5.32. The fourth-order valence-corrected chi connectivity index (χ4v) is 3.11. The molecule has 0 radical (unpaired) electrons. The summed E-state index contributed by atoms with van der Waals surface area (Å²) < 4.78 is 31.0. The van der Waals surface area contributed by atoms with E-state index in [1.807, 2.05) is 7.05 Å². The van der Waals surface area contributed by atoms with E-state index >= 15 is 0 Å². The second kappa shape index (κ2) is 23.2. The quantitative estimate of drug-likeness (QED) is 0.0859. The van der Waals surface area contributed by atoms with Crippen molar-refractivity contribution in [2.75, 3.05) is 20.7 Å². The number of aliphatic hydroxyl groups excluding tert-OH is 1. The zero-order chi connectivity index (χ0) is 24.7. The minimum atomic E-state index is -4.41. The predicted octanol–water partition coefficient (Wildman–Crippen LogP) is 3.04. The maximum Gasteiger partial charge on any atom is 0.264 e. The van der Waals surface area contributed by atoms with E-state index in [1.54, 1.807) is 0 Å². The summed E-state index contributed by atoms with van der Waals surface area (Å²) in [5.74, 6) is 0.173. The zero-order valence-electron chi connectivity index (χ0n) is 20.7.